The Bertz CT molecular complexity index is 772. The van der Waals surface area contributed by atoms with E-state index in [4.69, 9.17) is 9.47 Å². The summed E-state index contributed by atoms with van der Waals surface area (Å²) >= 11 is 0. The maximum absolute atomic E-state index is 12.4. The number of anilines is 1. The van der Waals surface area contributed by atoms with Crippen molar-refractivity contribution in [1.29, 1.82) is 0 Å². The van der Waals surface area contributed by atoms with E-state index in [1.165, 1.54) is 0 Å². The minimum Gasteiger partial charge on any atom is -0.494 e. The number of nitrogens with zero attached hydrogens (tertiary/aromatic N) is 2. The van der Waals surface area contributed by atoms with Crippen molar-refractivity contribution in [2.75, 3.05) is 44.7 Å². The van der Waals surface area contributed by atoms with Crippen LogP contribution in [0.4, 0.5) is 10.5 Å². The van der Waals surface area contributed by atoms with Crippen LogP contribution in [-0.4, -0.2) is 67.1 Å². The Morgan fingerprint density at radius 1 is 1.10 bits per heavy atom. The van der Waals surface area contributed by atoms with Gasteiger partial charge >= 0.3 is 6.09 Å². The molecule has 0 bridgehead atoms. The molecule has 3 amide bonds. The smallest absolute Gasteiger partial charge is 0.409 e. The van der Waals surface area contributed by atoms with Gasteiger partial charge in [-0.15, -0.1) is 0 Å². The number of fused-ring (bicyclic) bond motifs is 1. The molecule has 3 rings (SSSR count). The zero-order valence-corrected chi connectivity index (χ0v) is 17.8. The first-order valence-electron chi connectivity index (χ1n) is 10.7. The van der Waals surface area contributed by atoms with Crippen LogP contribution in [0.5, 0.6) is 5.75 Å². The number of aryl methyl sites for hydroxylation is 1. The van der Waals surface area contributed by atoms with Crippen LogP contribution < -0.4 is 10.1 Å². The summed E-state index contributed by atoms with van der Waals surface area (Å²) in [6.07, 6.45) is 1.96. The molecule has 0 aliphatic carbocycles. The van der Waals surface area contributed by atoms with E-state index in [1.807, 2.05) is 32.0 Å². The topological polar surface area (TPSA) is 88.2 Å². The molecule has 1 N–H and O–H groups in total. The lowest BCUT2D eigenvalue weighted by Gasteiger charge is -2.34. The van der Waals surface area contributed by atoms with E-state index in [1.54, 1.807) is 9.80 Å². The Morgan fingerprint density at radius 2 is 1.83 bits per heavy atom. The highest BCUT2D eigenvalue weighted by molar-refractivity contribution is 5.94. The van der Waals surface area contributed by atoms with Crippen molar-refractivity contribution >= 4 is 23.6 Å². The summed E-state index contributed by atoms with van der Waals surface area (Å²) in [5, 5.41) is 2.85. The summed E-state index contributed by atoms with van der Waals surface area (Å²) in [5.74, 6) is 1.19. The molecule has 1 aromatic rings. The highest BCUT2D eigenvalue weighted by Crippen LogP contribution is 2.26. The van der Waals surface area contributed by atoms with Crippen LogP contribution in [0.15, 0.2) is 18.2 Å². The molecule has 8 heteroatoms. The molecule has 8 nitrogen and oxygen atoms in total. The zero-order valence-electron chi connectivity index (χ0n) is 17.8. The van der Waals surface area contributed by atoms with Crippen molar-refractivity contribution in [2.24, 2.45) is 5.92 Å². The Labute approximate surface area is 177 Å². The maximum Gasteiger partial charge on any atom is 0.409 e. The number of amides is 3. The van der Waals surface area contributed by atoms with Crippen LogP contribution in [0.25, 0.3) is 0 Å². The molecule has 2 aliphatic rings. The van der Waals surface area contributed by atoms with Crippen molar-refractivity contribution < 1.29 is 23.9 Å². The molecule has 2 aliphatic heterocycles. The number of piperazine rings is 1. The number of rotatable bonds is 7. The van der Waals surface area contributed by atoms with Crippen LogP contribution in [0, 0.1) is 5.92 Å². The molecule has 0 spiro atoms. The summed E-state index contributed by atoms with van der Waals surface area (Å²) in [7, 11) is 0. The lowest BCUT2D eigenvalue weighted by Crippen LogP contribution is -2.50. The summed E-state index contributed by atoms with van der Waals surface area (Å²) in [6, 6.07) is 5.65. The number of carbonyl (C=O) groups excluding carboxylic acids is 3. The maximum atomic E-state index is 12.4. The van der Waals surface area contributed by atoms with Gasteiger partial charge in [-0.1, -0.05) is 13.8 Å². The molecule has 0 saturated carbocycles. The normalized spacial score (nSPS) is 16.2. The number of hydrogen-bond acceptors (Lipinski definition) is 5. The first-order valence-corrected chi connectivity index (χ1v) is 10.7. The lowest BCUT2D eigenvalue weighted by molar-refractivity contribution is -0.133. The fourth-order valence-corrected chi connectivity index (χ4v) is 3.49. The fraction of sp³-hybridized carbons (Fsp3) is 0.591. The van der Waals surface area contributed by atoms with E-state index in [9.17, 15) is 14.4 Å². The van der Waals surface area contributed by atoms with Crippen molar-refractivity contribution in [3.05, 3.63) is 23.8 Å². The minimum atomic E-state index is -0.297. The largest absolute Gasteiger partial charge is 0.494 e. The number of ether oxygens (including phenoxy) is 2. The van der Waals surface area contributed by atoms with E-state index in [0.29, 0.717) is 71.0 Å². The third-order valence-corrected chi connectivity index (χ3v) is 5.21. The number of hydrogen-bond donors (Lipinski definition) is 1. The van der Waals surface area contributed by atoms with E-state index >= 15 is 0 Å². The molecule has 0 radical (unpaired) electrons. The van der Waals surface area contributed by atoms with Crippen molar-refractivity contribution in [3.63, 3.8) is 0 Å². The van der Waals surface area contributed by atoms with Gasteiger partial charge in [0, 0.05) is 44.7 Å². The molecule has 2 heterocycles. The van der Waals surface area contributed by atoms with E-state index in [-0.39, 0.29) is 17.9 Å². The van der Waals surface area contributed by atoms with Gasteiger partial charge in [0.2, 0.25) is 11.8 Å². The summed E-state index contributed by atoms with van der Waals surface area (Å²) < 4.78 is 11.0. The highest BCUT2D eigenvalue weighted by Gasteiger charge is 2.24. The van der Waals surface area contributed by atoms with Gasteiger partial charge in [-0.2, -0.15) is 0 Å². The number of nitrogens with one attached hydrogen (secondary N) is 1. The Balaban J connectivity index is 1.34. The van der Waals surface area contributed by atoms with Gasteiger partial charge in [0.25, 0.3) is 0 Å². The van der Waals surface area contributed by atoms with E-state index < -0.39 is 0 Å². The first kappa shape index (κ1) is 21.9. The SMILES string of the molecule is CC(C)COC(=O)N1CCN(C(=O)CCCOc2ccc3c(c2)CCC(=O)N3)CC1. The third kappa shape index (κ3) is 6.11. The van der Waals surface area contributed by atoms with Gasteiger partial charge in [0.15, 0.2) is 0 Å². The van der Waals surface area contributed by atoms with Crippen LogP contribution in [0.2, 0.25) is 0 Å². The quantitative estimate of drug-likeness (QED) is 0.689. The summed E-state index contributed by atoms with van der Waals surface area (Å²) in [4.78, 5) is 39.3. The van der Waals surface area contributed by atoms with Gasteiger partial charge in [0.1, 0.15) is 5.75 Å². The molecule has 30 heavy (non-hydrogen) atoms. The molecule has 0 unspecified atom stereocenters. The second-order valence-corrected chi connectivity index (χ2v) is 8.16. The van der Waals surface area contributed by atoms with Gasteiger partial charge in [0.05, 0.1) is 13.2 Å². The van der Waals surface area contributed by atoms with Crippen LogP contribution in [-0.2, 0) is 20.7 Å². The molecular formula is C22H31N3O5. The second kappa shape index (κ2) is 10.3. The molecule has 164 valence electrons. The average Bonchev–Trinajstić information content (AvgIpc) is 2.75. The minimum absolute atomic E-state index is 0.0444. The predicted octanol–water partition coefficient (Wildman–Crippen LogP) is 2.67. The molecular weight excluding hydrogens is 386 g/mol. The zero-order chi connectivity index (χ0) is 21.5. The average molecular weight is 418 g/mol. The van der Waals surface area contributed by atoms with Gasteiger partial charge in [-0.05, 0) is 42.5 Å². The number of benzene rings is 1. The Hall–Kier alpha value is -2.77. The Morgan fingerprint density at radius 3 is 2.57 bits per heavy atom. The van der Waals surface area contributed by atoms with Crippen LogP contribution in [0.3, 0.4) is 0 Å². The molecule has 1 saturated heterocycles. The van der Waals surface area contributed by atoms with E-state index in [0.717, 1.165) is 17.0 Å². The van der Waals surface area contributed by atoms with Crippen LogP contribution in [0.1, 0.15) is 38.7 Å². The third-order valence-electron chi connectivity index (χ3n) is 5.21. The molecule has 0 atom stereocenters. The standard InChI is InChI=1S/C22H31N3O5/c1-16(2)15-30-22(28)25-11-9-24(10-12-25)21(27)4-3-13-29-18-6-7-19-17(14-18)5-8-20(26)23-19/h6-7,14,16H,3-5,8-13,15H2,1-2H3,(H,23,26). The predicted molar refractivity (Wildman–Crippen MR) is 112 cm³/mol. The van der Waals surface area contributed by atoms with Crippen molar-refractivity contribution in [3.8, 4) is 5.75 Å². The molecule has 1 aromatic carbocycles. The van der Waals surface area contributed by atoms with Crippen molar-refractivity contribution in [1.82, 2.24) is 9.80 Å². The van der Waals surface area contributed by atoms with Crippen LogP contribution >= 0.6 is 0 Å². The highest BCUT2D eigenvalue weighted by atomic mass is 16.6. The lowest BCUT2D eigenvalue weighted by atomic mass is 10.0. The molecule has 0 aromatic heterocycles. The number of carbonyl (C=O) groups is 3. The van der Waals surface area contributed by atoms with Gasteiger partial charge in [-0.3, -0.25) is 9.59 Å². The van der Waals surface area contributed by atoms with E-state index in [2.05, 4.69) is 5.32 Å². The monoisotopic (exact) mass is 417 g/mol. The van der Waals surface area contributed by atoms with Gasteiger partial charge < -0.3 is 24.6 Å². The van der Waals surface area contributed by atoms with Gasteiger partial charge in [-0.25, -0.2) is 4.79 Å². The second-order valence-electron chi connectivity index (χ2n) is 8.16. The summed E-state index contributed by atoms with van der Waals surface area (Å²) in [5.41, 5.74) is 1.92. The van der Waals surface area contributed by atoms with Crippen molar-refractivity contribution in [2.45, 2.75) is 39.5 Å². The molecule has 1 fully saturated rings. The first-order chi connectivity index (χ1) is 14.4. The Kier molecular flexibility index (Phi) is 7.54. The fourth-order valence-electron chi connectivity index (χ4n) is 3.49. The summed E-state index contributed by atoms with van der Waals surface area (Å²) in [6.45, 7) is 6.95.